The van der Waals surface area contributed by atoms with Gasteiger partial charge in [-0.3, -0.25) is 19.7 Å². The van der Waals surface area contributed by atoms with Gasteiger partial charge in [0, 0.05) is 24.2 Å². The monoisotopic (exact) mass is 352 g/mol. The van der Waals surface area contributed by atoms with Gasteiger partial charge in [-0.2, -0.15) is 0 Å². The van der Waals surface area contributed by atoms with Gasteiger partial charge in [0.1, 0.15) is 6.04 Å². The number of carbonyl (C=O) groups excluding carboxylic acids is 2. The summed E-state index contributed by atoms with van der Waals surface area (Å²) >= 11 is 0. The van der Waals surface area contributed by atoms with Crippen LogP contribution in [0.4, 0.5) is 5.69 Å². The fourth-order valence-electron chi connectivity index (χ4n) is 2.02. The first kappa shape index (κ1) is 20.0. The van der Waals surface area contributed by atoms with Crippen LogP contribution in [0.25, 0.3) is 0 Å². The van der Waals surface area contributed by atoms with Gasteiger partial charge in [0.15, 0.2) is 0 Å². The molecule has 0 fully saturated rings. The van der Waals surface area contributed by atoms with Gasteiger partial charge >= 0.3 is 5.97 Å². The van der Waals surface area contributed by atoms with E-state index in [4.69, 9.17) is 10.8 Å². The second-order valence-electron chi connectivity index (χ2n) is 5.22. The van der Waals surface area contributed by atoms with Crippen molar-refractivity contribution in [3.8, 4) is 0 Å². The van der Waals surface area contributed by atoms with Gasteiger partial charge in [-0.05, 0) is 31.4 Å². The Morgan fingerprint density at radius 1 is 1.20 bits per heavy atom. The number of nitrogens with one attached hydrogen (secondary N) is 2. The predicted molar refractivity (Wildman–Crippen MR) is 87.9 cm³/mol. The molecule has 0 aromatic heterocycles. The number of non-ortho nitro benzene ring substituents is 1. The molecule has 1 aromatic rings. The highest BCUT2D eigenvalue weighted by atomic mass is 16.6. The normalized spacial score (nSPS) is 11.4. The fourth-order valence-corrected chi connectivity index (χ4v) is 2.02. The van der Waals surface area contributed by atoms with Crippen LogP contribution in [0, 0.1) is 10.1 Å². The number of amides is 2. The van der Waals surface area contributed by atoms with Gasteiger partial charge in [0.2, 0.25) is 5.91 Å². The second kappa shape index (κ2) is 9.98. The van der Waals surface area contributed by atoms with E-state index in [-0.39, 0.29) is 24.6 Å². The molecular weight excluding hydrogens is 332 g/mol. The molecule has 136 valence electrons. The van der Waals surface area contributed by atoms with Crippen LogP contribution in [0.3, 0.4) is 0 Å². The Balaban J connectivity index is 2.34. The third-order valence-electron chi connectivity index (χ3n) is 3.36. The molecule has 1 aromatic carbocycles. The van der Waals surface area contributed by atoms with Crippen molar-refractivity contribution in [3.05, 3.63) is 39.9 Å². The number of carbonyl (C=O) groups is 3. The van der Waals surface area contributed by atoms with Gasteiger partial charge in [-0.15, -0.1) is 0 Å². The Hall–Kier alpha value is -3.01. The summed E-state index contributed by atoms with van der Waals surface area (Å²) in [5, 5.41) is 24.5. The standard InChI is InChI=1S/C15H20N4O6/c16-9-13(20)18-12(15(22)23)3-1-2-8-17-14(21)10-4-6-11(7-5-10)19(24)25/h4-7,12H,1-3,8-9,16H2,(H,17,21)(H,18,20)(H,22,23)/t12-/m0/s1. The van der Waals surface area contributed by atoms with Crippen molar-refractivity contribution in [2.75, 3.05) is 13.1 Å². The average molecular weight is 352 g/mol. The van der Waals surface area contributed by atoms with Crippen LogP contribution >= 0.6 is 0 Å². The molecule has 0 aliphatic heterocycles. The Morgan fingerprint density at radius 2 is 1.84 bits per heavy atom. The van der Waals surface area contributed by atoms with Gasteiger partial charge in [0.25, 0.3) is 11.6 Å². The van der Waals surface area contributed by atoms with Gasteiger partial charge in [0.05, 0.1) is 11.5 Å². The van der Waals surface area contributed by atoms with E-state index in [1.54, 1.807) is 0 Å². The van der Waals surface area contributed by atoms with Crippen LogP contribution < -0.4 is 16.4 Å². The maximum absolute atomic E-state index is 11.9. The van der Waals surface area contributed by atoms with E-state index >= 15 is 0 Å². The minimum absolute atomic E-state index is 0.101. The Kier molecular flexibility index (Phi) is 8.00. The van der Waals surface area contributed by atoms with Crippen LogP contribution in [0.15, 0.2) is 24.3 Å². The summed E-state index contributed by atoms with van der Waals surface area (Å²) in [4.78, 5) is 44.0. The van der Waals surface area contributed by atoms with E-state index in [0.717, 1.165) is 0 Å². The van der Waals surface area contributed by atoms with E-state index in [0.29, 0.717) is 24.9 Å². The first-order chi connectivity index (χ1) is 11.8. The predicted octanol–water partition coefficient (Wildman–Crippen LogP) is 0.0230. The highest BCUT2D eigenvalue weighted by molar-refractivity contribution is 5.94. The summed E-state index contributed by atoms with van der Waals surface area (Å²) in [5.41, 5.74) is 5.32. The fraction of sp³-hybridized carbons (Fsp3) is 0.400. The Bertz CT molecular complexity index is 631. The maximum atomic E-state index is 11.9. The van der Waals surface area contributed by atoms with E-state index in [1.807, 2.05) is 0 Å². The van der Waals surface area contributed by atoms with Crippen molar-refractivity contribution in [2.45, 2.75) is 25.3 Å². The lowest BCUT2D eigenvalue weighted by Crippen LogP contribution is -2.43. The third-order valence-corrected chi connectivity index (χ3v) is 3.36. The van der Waals surface area contributed by atoms with Gasteiger partial charge in [-0.1, -0.05) is 0 Å². The smallest absolute Gasteiger partial charge is 0.326 e. The summed E-state index contributed by atoms with van der Waals surface area (Å²) in [6.45, 7) is 0.0298. The van der Waals surface area contributed by atoms with E-state index in [1.165, 1.54) is 24.3 Å². The minimum Gasteiger partial charge on any atom is -0.480 e. The molecule has 0 aliphatic carbocycles. The van der Waals surface area contributed by atoms with Crippen LogP contribution in [-0.2, 0) is 9.59 Å². The molecule has 2 amide bonds. The topological polar surface area (TPSA) is 165 Å². The lowest BCUT2D eigenvalue weighted by molar-refractivity contribution is -0.384. The number of benzene rings is 1. The van der Waals surface area contributed by atoms with Crippen LogP contribution in [0.1, 0.15) is 29.6 Å². The van der Waals surface area contributed by atoms with Crippen molar-refractivity contribution < 1.29 is 24.4 Å². The zero-order valence-corrected chi connectivity index (χ0v) is 13.4. The van der Waals surface area contributed by atoms with Crippen molar-refractivity contribution in [3.63, 3.8) is 0 Å². The molecule has 10 heteroatoms. The summed E-state index contributed by atoms with van der Waals surface area (Å²) in [7, 11) is 0. The summed E-state index contributed by atoms with van der Waals surface area (Å²) < 4.78 is 0. The largest absolute Gasteiger partial charge is 0.480 e. The molecule has 10 nitrogen and oxygen atoms in total. The number of nitro groups is 1. The molecule has 1 rings (SSSR count). The number of nitro benzene ring substituents is 1. The minimum atomic E-state index is -1.14. The van der Waals surface area contributed by atoms with Gasteiger partial charge in [-0.25, -0.2) is 4.79 Å². The van der Waals surface area contributed by atoms with E-state index in [2.05, 4.69) is 10.6 Å². The van der Waals surface area contributed by atoms with E-state index in [9.17, 15) is 24.5 Å². The number of hydrogen-bond acceptors (Lipinski definition) is 6. The zero-order valence-electron chi connectivity index (χ0n) is 13.4. The third kappa shape index (κ3) is 6.96. The number of hydrogen-bond donors (Lipinski definition) is 4. The maximum Gasteiger partial charge on any atom is 0.326 e. The molecule has 1 atom stereocenters. The Morgan fingerprint density at radius 3 is 2.36 bits per heavy atom. The molecule has 0 heterocycles. The van der Waals surface area contributed by atoms with Crippen LogP contribution in [0.5, 0.6) is 0 Å². The highest BCUT2D eigenvalue weighted by Crippen LogP contribution is 2.11. The molecular formula is C15H20N4O6. The zero-order chi connectivity index (χ0) is 18.8. The van der Waals surface area contributed by atoms with Crippen molar-refractivity contribution >= 4 is 23.5 Å². The molecule has 0 saturated carbocycles. The highest BCUT2D eigenvalue weighted by Gasteiger charge is 2.18. The summed E-state index contributed by atoms with van der Waals surface area (Å²) in [6, 6.07) is 4.19. The molecule has 0 spiro atoms. The van der Waals surface area contributed by atoms with Crippen LogP contribution in [0.2, 0.25) is 0 Å². The van der Waals surface area contributed by atoms with Crippen molar-refractivity contribution in [1.82, 2.24) is 10.6 Å². The number of carboxylic acids is 1. The quantitative estimate of drug-likeness (QED) is 0.262. The van der Waals surface area contributed by atoms with Crippen molar-refractivity contribution in [2.24, 2.45) is 5.73 Å². The summed E-state index contributed by atoms with van der Waals surface area (Å²) in [6.07, 6.45) is 1.21. The molecule has 0 radical (unpaired) electrons. The lowest BCUT2D eigenvalue weighted by Gasteiger charge is -2.13. The number of rotatable bonds is 10. The number of unbranched alkanes of at least 4 members (excludes halogenated alkanes) is 1. The second-order valence-corrected chi connectivity index (χ2v) is 5.22. The number of nitrogens with zero attached hydrogens (tertiary/aromatic N) is 1. The van der Waals surface area contributed by atoms with Crippen LogP contribution in [-0.4, -0.2) is 46.9 Å². The molecule has 0 unspecified atom stereocenters. The molecule has 0 aliphatic rings. The number of aliphatic carboxylic acids is 1. The first-order valence-electron chi connectivity index (χ1n) is 7.60. The summed E-state index contributed by atoms with van der Waals surface area (Å²) in [5.74, 6) is -2.06. The van der Waals surface area contributed by atoms with Gasteiger partial charge < -0.3 is 21.5 Å². The first-order valence-corrected chi connectivity index (χ1v) is 7.60. The average Bonchev–Trinajstić information content (AvgIpc) is 2.59. The SMILES string of the molecule is NCC(=O)N[C@@H](CCCCNC(=O)c1ccc([N+](=O)[O-])cc1)C(=O)O. The Labute approximate surface area is 143 Å². The lowest BCUT2D eigenvalue weighted by atomic mass is 10.1. The van der Waals surface area contributed by atoms with Crippen molar-refractivity contribution in [1.29, 1.82) is 0 Å². The molecule has 25 heavy (non-hydrogen) atoms. The number of nitrogens with two attached hydrogens (primary N) is 1. The molecule has 0 saturated heterocycles. The van der Waals surface area contributed by atoms with E-state index < -0.39 is 22.8 Å². The number of carboxylic acid groups (broad SMARTS) is 1. The molecule has 0 bridgehead atoms. The molecule has 5 N–H and O–H groups in total.